The van der Waals surface area contributed by atoms with E-state index in [4.69, 9.17) is 47.4 Å². The van der Waals surface area contributed by atoms with E-state index in [0.29, 0.717) is 22.2 Å². The number of ether oxygens (including phenoxy) is 3. The number of thioether (sulfide) groups is 1. The first-order valence-corrected chi connectivity index (χ1v) is 20.6. The Morgan fingerprint density at radius 3 is 1.95 bits per heavy atom. The summed E-state index contributed by atoms with van der Waals surface area (Å²) < 4.78 is 22.9. The molecular weight excluding hydrogens is 826 g/mol. The van der Waals surface area contributed by atoms with E-state index >= 15 is 0 Å². The molecule has 2 amide bonds. The van der Waals surface area contributed by atoms with Crippen LogP contribution in [0, 0.1) is 34.5 Å². The average molecular weight is 874 g/mol. The summed E-state index contributed by atoms with van der Waals surface area (Å²) in [5.41, 5.74) is 19.4. The van der Waals surface area contributed by atoms with Crippen molar-refractivity contribution in [3.63, 3.8) is 0 Å². The van der Waals surface area contributed by atoms with Crippen molar-refractivity contribution < 1.29 is 37.8 Å². The molecule has 0 aliphatic carbocycles. The summed E-state index contributed by atoms with van der Waals surface area (Å²) in [5, 5.41) is 26.5. The molecule has 0 saturated heterocycles. The Morgan fingerprint density at radius 2 is 1.39 bits per heavy atom. The van der Waals surface area contributed by atoms with E-state index in [1.807, 2.05) is 0 Å². The van der Waals surface area contributed by atoms with Gasteiger partial charge in [-0.1, -0.05) is 63.2 Å². The van der Waals surface area contributed by atoms with Crippen LogP contribution in [0.15, 0.2) is 64.2 Å². The zero-order valence-corrected chi connectivity index (χ0v) is 35.7. The van der Waals surface area contributed by atoms with E-state index in [9.17, 15) is 29.7 Å². The molecule has 0 spiro atoms. The summed E-state index contributed by atoms with van der Waals surface area (Å²) >= 11 is 7.20. The number of benzene rings is 2. The van der Waals surface area contributed by atoms with Gasteiger partial charge in [-0.2, -0.15) is 10.5 Å². The minimum Gasteiger partial charge on any atom is -0.490 e. The zero-order valence-electron chi connectivity index (χ0n) is 34.1. The van der Waals surface area contributed by atoms with Crippen molar-refractivity contribution in [2.24, 2.45) is 23.3 Å². The number of carbonyl (C=O) groups excluding carboxylic acids is 4. The highest BCUT2D eigenvalue weighted by Gasteiger charge is 2.31. The predicted octanol–water partition coefficient (Wildman–Crippen LogP) is 4.49. The number of nitrogen functional groups attached to an aromatic ring is 1. The lowest BCUT2D eigenvalue weighted by molar-refractivity contribution is -0.165. The van der Waals surface area contributed by atoms with Gasteiger partial charge in [-0.3, -0.25) is 9.59 Å². The third-order valence-corrected chi connectivity index (χ3v) is 10.2. The maximum absolute atomic E-state index is 13.4. The topological polar surface area (TPSA) is 285 Å². The summed E-state index contributed by atoms with van der Waals surface area (Å²) in [6.07, 6.45) is 0.341. The monoisotopic (exact) mass is 873 g/mol. The van der Waals surface area contributed by atoms with E-state index in [1.165, 1.54) is 18.0 Å². The van der Waals surface area contributed by atoms with Gasteiger partial charge in [-0.25, -0.2) is 19.6 Å². The van der Waals surface area contributed by atoms with E-state index in [-0.39, 0.29) is 83.4 Å². The van der Waals surface area contributed by atoms with Crippen LogP contribution < -0.4 is 32.6 Å². The van der Waals surface area contributed by atoms with Crippen LogP contribution >= 0.6 is 23.4 Å². The highest BCUT2D eigenvalue weighted by molar-refractivity contribution is 7.98. The first-order chi connectivity index (χ1) is 29.2. The second-order valence-electron chi connectivity index (χ2n) is 14.3. The van der Waals surface area contributed by atoms with Crippen molar-refractivity contribution in [2.45, 2.75) is 69.5 Å². The van der Waals surface area contributed by atoms with Crippen LogP contribution in [-0.4, -0.2) is 78.2 Å². The number of carbonyl (C=O) groups is 4. The summed E-state index contributed by atoms with van der Waals surface area (Å²) in [4.78, 5) is 60.1. The van der Waals surface area contributed by atoms with Crippen molar-refractivity contribution in [1.29, 1.82) is 10.5 Å². The van der Waals surface area contributed by atoms with E-state index in [2.05, 4.69) is 32.7 Å². The van der Waals surface area contributed by atoms with Gasteiger partial charge in [0.05, 0.1) is 11.3 Å². The molecule has 322 valence electrons. The smallest absolute Gasteiger partial charge is 0.329 e. The number of nitrogens with zero attached hydrogens (tertiary/aromatic N) is 4. The van der Waals surface area contributed by atoms with Gasteiger partial charge in [0.1, 0.15) is 65.9 Å². The highest BCUT2D eigenvalue weighted by Crippen LogP contribution is 2.37. The summed E-state index contributed by atoms with van der Waals surface area (Å²) in [6, 6.07) is 15.6. The lowest BCUT2D eigenvalue weighted by Crippen LogP contribution is -2.48. The Kier molecular flexibility index (Phi) is 17.9. The van der Waals surface area contributed by atoms with Gasteiger partial charge in [0, 0.05) is 47.8 Å². The standard InChI is InChI=1S/C42H48ClN9O8S/c1-23(2)36(50-33(53)13-15-44)41(55)59-21-30(60-42(56)37(24(3)4)51-34(54)14-16-45)20-57-29-11-7-25(8-12-29)35-31(17-46)38(48)52-40(32(35)18-47)61-22-28-19-58-39(49-28)26-5-9-27(43)10-6-26/h5-12,19,23-24,30,36-37H,13-16,20-22,44-45H2,1-4H3,(H2,48,52)(H,50,53)(H,51,54)/t30-,36-,37-/m0/s1. The Hall–Kier alpha value is -6.18. The minimum atomic E-state index is -1.17. The normalized spacial score (nSPS) is 12.4. The molecular formula is C42H48ClN9O8S. The minimum absolute atomic E-state index is 0.00352. The van der Waals surface area contributed by atoms with E-state index < -0.39 is 48.5 Å². The van der Waals surface area contributed by atoms with Crippen LogP contribution in [0.5, 0.6) is 5.75 Å². The SMILES string of the molecule is CC(C)[C@H](NC(=O)CCN)C(=O)OC[C@H](COc1ccc(-c2c(C#N)c(N)nc(SCc3coc(-c4ccc(Cl)cc4)n3)c2C#N)cc1)OC(=O)[C@@H](NC(=O)CCN)C(C)C. The molecule has 3 atom stereocenters. The number of hydrogen-bond donors (Lipinski definition) is 5. The number of oxazole rings is 1. The summed E-state index contributed by atoms with van der Waals surface area (Å²) in [5.74, 6) is -2.25. The van der Waals surface area contributed by atoms with E-state index in [1.54, 1.807) is 76.2 Å². The van der Waals surface area contributed by atoms with Crippen LogP contribution in [0.25, 0.3) is 22.6 Å². The predicted molar refractivity (Wildman–Crippen MR) is 227 cm³/mol. The number of nitrogens with one attached hydrogen (secondary N) is 2. The fraction of sp³-hybridized carbons (Fsp3) is 0.381. The Labute approximate surface area is 362 Å². The van der Waals surface area contributed by atoms with Crippen molar-refractivity contribution >= 4 is 52.9 Å². The number of pyridine rings is 1. The van der Waals surface area contributed by atoms with Gasteiger partial charge in [0.15, 0.2) is 6.10 Å². The second-order valence-corrected chi connectivity index (χ2v) is 15.7. The molecule has 61 heavy (non-hydrogen) atoms. The van der Waals surface area contributed by atoms with Crippen LogP contribution in [0.1, 0.15) is 57.4 Å². The quantitative estimate of drug-likeness (QED) is 0.0569. The molecule has 2 aromatic heterocycles. The fourth-order valence-corrected chi connectivity index (χ4v) is 6.70. The Balaban J connectivity index is 1.54. The third-order valence-electron chi connectivity index (χ3n) is 8.91. The molecule has 0 radical (unpaired) electrons. The van der Waals surface area contributed by atoms with Gasteiger partial charge < -0.3 is 46.5 Å². The first kappa shape index (κ1) is 47.5. The number of anilines is 1. The van der Waals surface area contributed by atoms with Gasteiger partial charge >= 0.3 is 11.9 Å². The molecule has 4 rings (SSSR count). The van der Waals surface area contributed by atoms with Gasteiger partial charge in [0.25, 0.3) is 0 Å². The number of halogens is 1. The lowest BCUT2D eigenvalue weighted by atomic mass is 9.97. The molecule has 0 aliphatic rings. The molecule has 0 saturated carbocycles. The Morgan fingerprint density at radius 1 is 0.820 bits per heavy atom. The molecule has 2 heterocycles. The third kappa shape index (κ3) is 13.4. The molecule has 0 bridgehead atoms. The molecule has 4 aromatic rings. The fourth-order valence-electron chi connectivity index (χ4n) is 5.71. The summed E-state index contributed by atoms with van der Waals surface area (Å²) in [6.45, 7) is 6.32. The van der Waals surface area contributed by atoms with Crippen LogP contribution in [0.4, 0.5) is 5.82 Å². The molecule has 8 N–H and O–H groups in total. The molecule has 19 heteroatoms. The number of amides is 2. The number of esters is 2. The zero-order chi connectivity index (χ0) is 44.6. The number of nitriles is 2. The molecule has 17 nitrogen and oxygen atoms in total. The van der Waals surface area contributed by atoms with Crippen LogP contribution in [-0.2, 0) is 34.4 Å². The van der Waals surface area contributed by atoms with Crippen molar-refractivity contribution in [3.8, 4) is 40.5 Å². The largest absolute Gasteiger partial charge is 0.490 e. The average Bonchev–Trinajstić information content (AvgIpc) is 3.71. The van der Waals surface area contributed by atoms with Crippen molar-refractivity contribution in [3.05, 3.63) is 76.6 Å². The molecule has 2 aromatic carbocycles. The number of hydrogen-bond acceptors (Lipinski definition) is 16. The molecule has 0 fully saturated rings. The van der Waals surface area contributed by atoms with Gasteiger partial charge in [-0.15, -0.1) is 0 Å². The number of rotatable bonds is 21. The number of nitrogens with two attached hydrogens (primary N) is 3. The van der Waals surface area contributed by atoms with Crippen LogP contribution in [0.3, 0.4) is 0 Å². The second kappa shape index (κ2) is 23.0. The van der Waals surface area contributed by atoms with Crippen LogP contribution in [0.2, 0.25) is 5.02 Å². The van der Waals surface area contributed by atoms with Crippen molar-refractivity contribution in [2.75, 3.05) is 32.0 Å². The van der Waals surface area contributed by atoms with Gasteiger partial charge in [-0.05, 0) is 53.8 Å². The maximum Gasteiger partial charge on any atom is 0.329 e. The lowest BCUT2D eigenvalue weighted by Gasteiger charge is -2.26. The van der Waals surface area contributed by atoms with Crippen molar-refractivity contribution in [1.82, 2.24) is 20.6 Å². The first-order valence-electron chi connectivity index (χ1n) is 19.2. The maximum atomic E-state index is 13.4. The van der Waals surface area contributed by atoms with Gasteiger partial charge in [0.2, 0.25) is 17.7 Å². The van der Waals surface area contributed by atoms with E-state index in [0.717, 1.165) is 5.56 Å². The number of aromatic nitrogens is 2. The molecule has 0 aliphatic heterocycles. The highest BCUT2D eigenvalue weighted by atomic mass is 35.5. The molecule has 0 unspecified atom stereocenters. The Bertz CT molecular complexity index is 2240. The summed E-state index contributed by atoms with van der Waals surface area (Å²) in [7, 11) is 0.